The maximum Gasteiger partial charge on any atom is 0.130 e. The smallest absolute Gasteiger partial charge is 0.130 e. The van der Waals surface area contributed by atoms with Crippen molar-refractivity contribution in [2.75, 3.05) is 6.54 Å². The van der Waals surface area contributed by atoms with E-state index in [0.29, 0.717) is 0 Å². The van der Waals surface area contributed by atoms with Gasteiger partial charge >= 0.3 is 0 Å². The Morgan fingerprint density at radius 1 is 1.42 bits per heavy atom. The number of halogens is 1. The molecule has 0 aliphatic heterocycles. The van der Waals surface area contributed by atoms with Crippen LogP contribution in [-0.4, -0.2) is 16.1 Å². The largest absolute Gasteiger partial charge is 0.336 e. The van der Waals surface area contributed by atoms with Crippen LogP contribution < -0.4 is 5.32 Å². The van der Waals surface area contributed by atoms with Crippen LogP contribution in [0.15, 0.2) is 30.6 Å². The first-order chi connectivity index (χ1) is 9.13. The zero-order valence-corrected chi connectivity index (χ0v) is 11.7. The normalized spacial score (nSPS) is 12.6. The first kappa shape index (κ1) is 13.7. The molecule has 0 aliphatic carbocycles. The maximum absolute atomic E-state index is 13.2. The molecule has 0 fully saturated rings. The number of imidazole rings is 1. The molecule has 2 aromatic rings. The summed E-state index contributed by atoms with van der Waals surface area (Å²) >= 11 is 0. The van der Waals surface area contributed by atoms with E-state index in [-0.39, 0.29) is 11.9 Å². The molecule has 0 bridgehead atoms. The van der Waals surface area contributed by atoms with Gasteiger partial charge < -0.3 is 9.88 Å². The van der Waals surface area contributed by atoms with Crippen molar-refractivity contribution in [3.63, 3.8) is 0 Å². The highest BCUT2D eigenvalue weighted by Crippen LogP contribution is 2.24. The van der Waals surface area contributed by atoms with Crippen molar-refractivity contribution in [3.8, 4) is 0 Å². The van der Waals surface area contributed by atoms with Crippen LogP contribution >= 0.6 is 0 Å². The van der Waals surface area contributed by atoms with E-state index in [4.69, 9.17) is 0 Å². The number of nitrogens with one attached hydrogen (secondary N) is 1. The standard InChI is InChI=1S/C15H20FN3/c1-4-7-17-14(15-18-8-9-19(15)3)13-6-5-12(16)10-11(13)2/h5-6,8-10,14,17H,4,7H2,1-3H3. The molecule has 0 amide bonds. The lowest BCUT2D eigenvalue weighted by Gasteiger charge is -2.20. The van der Waals surface area contributed by atoms with Gasteiger partial charge in [0.1, 0.15) is 11.6 Å². The molecule has 3 nitrogen and oxygen atoms in total. The van der Waals surface area contributed by atoms with Crippen LogP contribution in [0.2, 0.25) is 0 Å². The van der Waals surface area contributed by atoms with E-state index < -0.39 is 0 Å². The third-order valence-corrected chi connectivity index (χ3v) is 3.26. The molecule has 0 spiro atoms. The maximum atomic E-state index is 13.2. The van der Waals surface area contributed by atoms with Crippen LogP contribution in [0, 0.1) is 12.7 Å². The highest BCUT2D eigenvalue weighted by atomic mass is 19.1. The average Bonchev–Trinajstić information content (AvgIpc) is 2.78. The Morgan fingerprint density at radius 2 is 2.21 bits per heavy atom. The summed E-state index contributed by atoms with van der Waals surface area (Å²) in [7, 11) is 1.97. The average molecular weight is 261 g/mol. The van der Waals surface area contributed by atoms with Crippen LogP contribution in [0.3, 0.4) is 0 Å². The molecule has 0 aliphatic rings. The minimum Gasteiger partial charge on any atom is -0.336 e. The Bertz CT molecular complexity index is 548. The molecule has 1 aromatic carbocycles. The lowest BCUT2D eigenvalue weighted by Crippen LogP contribution is -2.26. The van der Waals surface area contributed by atoms with Crippen molar-refractivity contribution in [1.82, 2.24) is 14.9 Å². The van der Waals surface area contributed by atoms with Crippen LogP contribution in [-0.2, 0) is 7.05 Å². The quantitative estimate of drug-likeness (QED) is 0.896. The van der Waals surface area contributed by atoms with E-state index in [0.717, 1.165) is 29.9 Å². The Kier molecular flexibility index (Phi) is 4.32. The van der Waals surface area contributed by atoms with E-state index in [1.165, 1.54) is 6.07 Å². The molecule has 19 heavy (non-hydrogen) atoms. The van der Waals surface area contributed by atoms with E-state index >= 15 is 0 Å². The second-order valence-corrected chi connectivity index (χ2v) is 4.78. The first-order valence-electron chi connectivity index (χ1n) is 6.60. The lowest BCUT2D eigenvalue weighted by atomic mass is 10.00. The fourth-order valence-electron chi connectivity index (χ4n) is 2.25. The summed E-state index contributed by atoms with van der Waals surface area (Å²) in [5.74, 6) is 0.749. The molecule has 1 unspecified atom stereocenters. The second kappa shape index (κ2) is 5.97. The Balaban J connectivity index is 2.40. The fourth-order valence-corrected chi connectivity index (χ4v) is 2.25. The van der Waals surface area contributed by atoms with Crippen LogP contribution in [0.4, 0.5) is 4.39 Å². The monoisotopic (exact) mass is 261 g/mol. The van der Waals surface area contributed by atoms with Crippen LogP contribution in [0.25, 0.3) is 0 Å². The zero-order chi connectivity index (χ0) is 13.8. The Labute approximate surface area is 113 Å². The van der Waals surface area contributed by atoms with Gasteiger partial charge in [0, 0.05) is 19.4 Å². The van der Waals surface area contributed by atoms with Crippen molar-refractivity contribution in [2.45, 2.75) is 26.3 Å². The molecule has 4 heteroatoms. The number of benzene rings is 1. The van der Waals surface area contributed by atoms with E-state index in [2.05, 4.69) is 17.2 Å². The van der Waals surface area contributed by atoms with Crippen molar-refractivity contribution in [1.29, 1.82) is 0 Å². The van der Waals surface area contributed by atoms with Gasteiger partial charge in [0.05, 0.1) is 6.04 Å². The van der Waals surface area contributed by atoms with Gasteiger partial charge in [0.25, 0.3) is 0 Å². The molecule has 2 rings (SSSR count). The minimum absolute atomic E-state index is 0.000509. The highest BCUT2D eigenvalue weighted by Gasteiger charge is 2.19. The van der Waals surface area contributed by atoms with Crippen LogP contribution in [0.5, 0.6) is 0 Å². The van der Waals surface area contributed by atoms with Gasteiger partial charge in [-0.05, 0) is 43.1 Å². The third kappa shape index (κ3) is 3.01. The van der Waals surface area contributed by atoms with Gasteiger partial charge in [-0.25, -0.2) is 9.37 Å². The Morgan fingerprint density at radius 3 is 2.79 bits per heavy atom. The van der Waals surface area contributed by atoms with Gasteiger partial charge in [-0.2, -0.15) is 0 Å². The van der Waals surface area contributed by atoms with E-state index in [1.807, 2.05) is 30.8 Å². The number of hydrogen-bond acceptors (Lipinski definition) is 2. The second-order valence-electron chi connectivity index (χ2n) is 4.78. The number of hydrogen-bond donors (Lipinski definition) is 1. The fraction of sp³-hybridized carbons (Fsp3) is 0.400. The van der Waals surface area contributed by atoms with Gasteiger partial charge in [0.15, 0.2) is 0 Å². The summed E-state index contributed by atoms with van der Waals surface area (Å²) in [6.07, 6.45) is 4.75. The number of aryl methyl sites for hydroxylation is 2. The topological polar surface area (TPSA) is 29.9 Å². The summed E-state index contributed by atoms with van der Waals surface area (Å²) in [6, 6.07) is 4.91. The Hall–Kier alpha value is -1.68. The number of aromatic nitrogens is 2. The molecule has 0 radical (unpaired) electrons. The van der Waals surface area contributed by atoms with Gasteiger partial charge in [-0.1, -0.05) is 13.0 Å². The van der Waals surface area contributed by atoms with Gasteiger partial charge in [-0.3, -0.25) is 0 Å². The molecular formula is C15H20FN3. The van der Waals surface area contributed by atoms with Crippen molar-refractivity contribution in [2.24, 2.45) is 7.05 Å². The molecule has 0 saturated carbocycles. The molecular weight excluding hydrogens is 241 g/mol. The SMILES string of the molecule is CCCNC(c1ccc(F)cc1C)c1nccn1C. The molecule has 1 atom stereocenters. The van der Waals surface area contributed by atoms with E-state index in [1.54, 1.807) is 12.3 Å². The predicted octanol–water partition coefficient (Wildman–Crippen LogP) is 2.96. The van der Waals surface area contributed by atoms with Crippen molar-refractivity contribution in [3.05, 3.63) is 53.4 Å². The third-order valence-electron chi connectivity index (χ3n) is 3.26. The summed E-state index contributed by atoms with van der Waals surface area (Å²) in [5.41, 5.74) is 2.01. The van der Waals surface area contributed by atoms with E-state index in [9.17, 15) is 4.39 Å². The summed E-state index contributed by atoms with van der Waals surface area (Å²) in [6.45, 7) is 4.95. The zero-order valence-electron chi connectivity index (χ0n) is 11.7. The summed E-state index contributed by atoms with van der Waals surface area (Å²) in [4.78, 5) is 4.42. The molecule has 1 N–H and O–H groups in total. The first-order valence-corrected chi connectivity index (χ1v) is 6.60. The van der Waals surface area contributed by atoms with Crippen LogP contribution in [0.1, 0.15) is 36.3 Å². The summed E-state index contributed by atoms with van der Waals surface area (Å²) < 4.78 is 15.2. The molecule has 1 aromatic heterocycles. The molecule has 0 saturated heterocycles. The lowest BCUT2D eigenvalue weighted by molar-refractivity contribution is 0.551. The minimum atomic E-state index is -0.199. The van der Waals surface area contributed by atoms with Gasteiger partial charge in [0.2, 0.25) is 0 Å². The van der Waals surface area contributed by atoms with Gasteiger partial charge in [-0.15, -0.1) is 0 Å². The summed E-state index contributed by atoms with van der Waals surface area (Å²) in [5, 5.41) is 3.48. The molecule has 1 heterocycles. The van der Waals surface area contributed by atoms with Crippen molar-refractivity contribution < 1.29 is 4.39 Å². The number of nitrogens with zero attached hydrogens (tertiary/aromatic N) is 2. The van der Waals surface area contributed by atoms with Crippen molar-refractivity contribution >= 4 is 0 Å². The predicted molar refractivity (Wildman–Crippen MR) is 74.5 cm³/mol. The number of rotatable bonds is 5. The highest BCUT2D eigenvalue weighted by molar-refractivity contribution is 5.33. The molecule has 102 valence electrons.